The van der Waals surface area contributed by atoms with Crippen LogP contribution in [0.1, 0.15) is 42.7 Å². The molecule has 180 valence electrons. The summed E-state index contributed by atoms with van der Waals surface area (Å²) in [4.78, 5) is 23.9. The third-order valence-corrected chi connectivity index (χ3v) is 7.86. The Morgan fingerprint density at radius 3 is 2.71 bits per heavy atom. The molecule has 0 saturated carbocycles. The van der Waals surface area contributed by atoms with Gasteiger partial charge in [0.15, 0.2) is 5.13 Å². The number of hydrogen-bond acceptors (Lipinski definition) is 7. The maximum Gasteiger partial charge on any atom is 0.323 e. The van der Waals surface area contributed by atoms with Gasteiger partial charge in [-0.05, 0) is 42.7 Å². The van der Waals surface area contributed by atoms with Gasteiger partial charge in [-0.25, -0.2) is 14.8 Å². The normalized spacial score (nSPS) is 18.7. The zero-order valence-electron chi connectivity index (χ0n) is 19.3. The summed E-state index contributed by atoms with van der Waals surface area (Å²) in [7, 11) is 1.58. The first-order valence-corrected chi connectivity index (χ1v) is 12.6. The summed E-state index contributed by atoms with van der Waals surface area (Å²) >= 11 is 1.46. The largest absolute Gasteiger partial charge is 0.479 e. The van der Waals surface area contributed by atoms with E-state index in [1.54, 1.807) is 12.0 Å². The van der Waals surface area contributed by atoms with Crippen LogP contribution in [0.15, 0.2) is 36.5 Å². The van der Waals surface area contributed by atoms with Gasteiger partial charge in [-0.1, -0.05) is 41.7 Å². The Morgan fingerprint density at radius 2 is 2.00 bits per heavy atom. The van der Waals surface area contributed by atoms with Gasteiger partial charge < -0.3 is 19.5 Å². The summed E-state index contributed by atoms with van der Waals surface area (Å²) in [6.45, 7) is 2.48. The van der Waals surface area contributed by atoms with Crippen molar-refractivity contribution in [1.82, 2.24) is 14.9 Å². The molecule has 2 N–H and O–H groups in total. The molecule has 1 aromatic carbocycles. The summed E-state index contributed by atoms with van der Waals surface area (Å²) in [5.74, 6) is 0.828. The number of ether oxygens (including phenoxy) is 2. The molecule has 2 amide bonds. The number of aliphatic hydroxyl groups is 1. The molecule has 2 aliphatic rings. The van der Waals surface area contributed by atoms with Crippen LogP contribution in [0.25, 0.3) is 10.2 Å². The standard InChI is InChI=1S/C25H30N4O4S/c1-32-22-20-21(19(16-26-22)18-7-13-33-14-8-18)34-23(27-20)28-24(30)29-11-9-25(31,10-12-29)15-17-5-3-2-4-6-17/h2-6,16,18,31H,7-15H2,1H3,(H,27,28,30). The third-order valence-electron chi connectivity index (χ3n) is 6.84. The van der Waals surface area contributed by atoms with Crippen molar-refractivity contribution in [2.45, 2.75) is 43.6 Å². The number of aromatic nitrogens is 2. The number of methoxy groups -OCH3 is 1. The lowest BCUT2D eigenvalue weighted by Gasteiger charge is -2.38. The number of likely N-dealkylation sites (tertiary alicyclic amines) is 1. The average Bonchev–Trinajstić information content (AvgIpc) is 3.28. The Morgan fingerprint density at radius 1 is 1.26 bits per heavy atom. The van der Waals surface area contributed by atoms with Gasteiger partial charge in [0.25, 0.3) is 0 Å². The van der Waals surface area contributed by atoms with E-state index in [1.165, 1.54) is 11.3 Å². The van der Waals surface area contributed by atoms with Gasteiger partial charge in [-0.3, -0.25) is 5.32 Å². The summed E-state index contributed by atoms with van der Waals surface area (Å²) in [6, 6.07) is 9.80. The number of nitrogens with zero attached hydrogens (tertiary/aromatic N) is 3. The van der Waals surface area contributed by atoms with Gasteiger partial charge in [-0.15, -0.1) is 0 Å². The Labute approximate surface area is 202 Å². The van der Waals surface area contributed by atoms with Gasteiger partial charge in [0, 0.05) is 38.9 Å². The fourth-order valence-corrected chi connectivity index (χ4v) is 5.90. The Kier molecular flexibility index (Phi) is 6.67. The van der Waals surface area contributed by atoms with E-state index in [-0.39, 0.29) is 6.03 Å². The maximum absolute atomic E-state index is 13.0. The van der Waals surface area contributed by atoms with E-state index in [2.05, 4.69) is 15.3 Å². The predicted molar refractivity (Wildman–Crippen MR) is 132 cm³/mol. The summed E-state index contributed by atoms with van der Waals surface area (Å²) in [5, 5.41) is 14.5. The molecule has 0 aliphatic carbocycles. The Hall–Kier alpha value is -2.75. The van der Waals surface area contributed by atoms with Crippen molar-refractivity contribution in [3.05, 3.63) is 47.7 Å². The van der Waals surface area contributed by atoms with E-state index in [0.717, 1.165) is 41.9 Å². The molecule has 34 heavy (non-hydrogen) atoms. The lowest BCUT2D eigenvalue weighted by molar-refractivity contribution is -0.0104. The first kappa shape index (κ1) is 23.0. The molecular weight excluding hydrogens is 452 g/mol. The molecule has 2 aliphatic heterocycles. The number of hydrogen-bond donors (Lipinski definition) is 2. The zero-order chi connectivity index (χ0) is 23.5. The number of rotatable bonds is 5. The number of benzene rings is 1. The van der Waals surface area contributed by atoms with Crippen LogP contribution in [0.3, 0.4) is 0 Å². The van der Waals surface area contributed by atoms with Crippen molar-refractivity contribution in [3.63, 3.8) is 0 Å². The Balaban J connectivity index is 1.27. The van der Waals surface area contributed by atoms with Gasteiger partial charge >= 0.3 is 6.03 Å². The van der Waals surface area contributed by atoms with Gasteiger partial charge in [0.2, 0.25) is 5.88 Å². The second kappa shape index (κ2) is 9.85. The van der Waals surface area contributed by atoms with Crippen molar-refractivity contribution in [2.24, 2.45) is 0 Å². The maximum atomic E-state index is 13.0. The number of nitrogens with one attached hydrogen (secondary N) is 1. The van der Waals surface area contributed by atoms with Crippen LogP contribution in [-0.2, 0) is 11.2 Å². The number of fused-ring (bicyclic) bond motifs is 1. The molecule has 9 heteroatoms. The van der Waals surface area contributed by atoms with E-state index in [0.29, 0.717) is 54.8 Å². The van der Waals surface area contributed by atoms with Crippen LogP contribution in [0.4, 0.5) is 9.93 Å². The summed E-state index contributed by atoms with van der Waals surface area (Å²) in [5.41, 5.74) is 2.15. The number of pyridine rings is 1. The van der Waals surface area contributed by atoms with Crippen molar-refractivity contribution in [1.29, 1.82) is 0 Å². The number of anilines is 1. The quantitative estimate of drug-likeness (QED) is 0.566. The number of amides is 2. The highest BCUT2D eigenvalue weighted by Gasteiger charge is 2.34. The van der Waals surface area contributed by atoms with Gasteiger partial charge in [0.05, 0.1) is 17.4 Å². The first-order valence-electron chi connectivity index (χ1n) is 11.8. The molecule has 3 aromatic rings. The lowest BCUT2D eigenvalue weighted by atomic mass is 9.85. The van der Waals surface area contributed by atoms with Crippen molar-refractivity contribution >= 4 is 32.7 Å². The molecular formula is C25H30N4O4S. The minimum Gasteiger partial charge on any atom is -0.479 e. The van der Waals surface area contributed by atoms with E-state index in [4.69, 9.17) is 9.47 Å². The molecule has 0 atom stereocenters. The van der Waals surface area contributed by atoms with Crippen LogP contribution in [0.2, 0.25) is 0 Å². The molecule has 5 rings (SSSR count). The van der Waals surface area contributed by atoms with Crippen molar-refractivity contribution < 1.29 is 19.4 Å². The number of piperidine rings is 1. The molecule has 2 aromatic heterocycles. The number of carbonyl (C=O) groups is 1. The minimum atomic E-state index is -0.786. The van der Waals surface area contributed by atoms with Gasteiger partial charge in [0.1, 0.15) is 5.52 Å². The lowest BCUT2D eigenvalue weighted by Crippen LogP contribution is -2.49. The van der Waals surface area contributed by atoms with E-state index in [9.17, 15) is 9.90 Å². The van der Waals surface area contributed by atoms with E-state index < -0.39 is 5.60 Å². The molecule has 2 saturated heterocycles. The van der Waals surface area contributed by atoms with Crippen LogP contribution in [0, 0.1) is 0 Å². The highest BCUT2D eigenvalue weighted by Crippen LogP contribution is 2.39. The van der Waals surface area contributed by atoms with E-state index >= 15 is 0 Å². The molecule has 4 heterocycles. The van der Waals surface area contributed by atoms with Crippen LogP contribution >= 0.6 is 11.3 Å². The highest BCUT2D eigenvalue weighted by atomic mass is 32.1. The van der Waals surface area contributed by atoms with Crippen LogP contribution < -0.4 is 10.1 Å². The number of thiazole rings is 1. The molecule has 0 bridgehead atoms. The number of carbonyl (C=O) groups excluding carboxylic acids is 1. The van der Waals surface area contributed by atoms with Crippen molar-refractivity contribution in [3.8, 4) is 5.88 Å². The zero-order valence-corrected chi connectivity index (χ0v) is 20.1. The average molecular weight is 483 g/mol. The SMILES string of the molecule is COc1ncc(C2CCOCC2)c2sc(NC(=O)N3CCC(O)(Cc4ccccc4)CC3)nc12. The topological polar surface area (TPSA) is 96.8 Å². The van der Waals surface area contributed by atoms with Crippen LogP contribution in [-0.4, -0.2) is 65.0 Å². The molecule has 8 nitrogen and oxygen atoms in total. The fourth-order valence-electron chi connectivity index (χ4n) is 4.86. The monoisotopic (exact) mass is 482 g/mol. The first-order chi connectivity index (χ1) is 16.5. The Bertz CT molecular complexity index is 1140. The number of urea groups is 1. The minimum absolute atomic E-state index is 0.194. The molecule has 2 fully saturated rings. The summed E-state index contributed by atoms with van der Waals surface area (Å²) in [6.07, 6.45) is 5.45. The molecule has 0 radical (unpaired) electrons. The second-order valence-corrected chi connectivity index (χ2v) is 10.1. The van der Waals surface area contributed by atoms with E-state index in [1.807, 2.05) is 36.5 Å². The highest BCUT2D eigenvalue weighted by molar-refractivity contribution is 7.22. The molecule has 0 spiro atoms. The third kappa shape index (κ3) is 4.87. The predicted octanol–water partition coefficient (Wildman–Crippen LogP) is 4.20. The fraction of sp³-hybridized carbons (Fsp3) is 0.480. The van der Waals surface area contributed by atoms with Crippen molar-refractivity contribution in [2.75, 3.05) is 38.7 Å². The second-order valence-electron chi connectivity index (χ2n) is 9.11. The smallest absolute Gasteiger partial charge is 0.323 e. The van der Waals surface area contributed by atoms with Gasteiger partial charge in [-0.2, -0.15) is 0 Å². The van der Waals surface area contributed by atoms with Crippen LogP contribution in [0.5, 0.6) is 5.88 Å². The summed E-state index contributed by atoms with van der Waals surface area (Å²) < 4.78 is 12.0. The molecule has 0 unspecified atom stereocenters.